The van der Waals surface area contributed by atoms with Crippen molar-refractivity contribution in [2.75, 3.05) is 0 Å². The number of aromatic nitrogens is 2. The number of pyridine rings is 1. The SMILES string of the molecule is [C-]#[N+]c1cc2c(c([N+]#[C-])c1[N+]#[C-])c1c3ccccc3ccc1c1nc3ccccc3n21. The molecule has 0 aliphatic heterocycles. The summed E-state index contributed by atoms with van der Waals surface area (Å²) in [4.78, 5) is 15.8. The van der Waals surface area contributed by atoms with Crippen molar-refractivity contribution in [3.8, 4) is 0 Å². The topological polar surface area (TPSA) is 30.4 Å². The minimum atomic E-state index is 0.107. The first kappa shape index (κ1) is 17.0. The van der Waals surface area contributed by atoms with Crippen LogP contribution >= 0.6 is 0 Å². The molecule has 0 unspecified atom stereocenters. The molecule has 0 amide bonds. The number of nitrogens with zero attached hydrogens (tertiary/aromatic N) is 5. The predicted octanol–water partition coefficient (Wildman–Crippen LogP) is 7.60. The van der Waals surface area contributed by atoms with E-state index in [-0.39, 0.29) is 17.1 Å². The van der Waals surface area contributed by atoms with E-state index in [4.69, 9.17) is 24.7 Å². The molecule has 6 rings (SSSR count). The molecule has 0 aliphatic rings. The molecule has 31 heavy (non-hydrogen) atoms. The van der Waals surface area contributed by atoms with Crippen LogP contribution in [0.25, 0.3) is 63.7 Å². The van der Waals surface area contributed by atoms with Crippen LogP contribution in [0.2, 0.25) is 0 Å². The lowest BCUT2D eigenvalue weighted by Crippen LogP contribution is -1.93. The van der Waals surface area contributed by atoms with E-state index in [2.05, 4.69) is 20.6 Å². The summed E-state index contributed by atoms with van der Waals surface area (Å²) in [6, 6.07) is 21.7. The molecule has 0 saturated heterocycles. The van der Waals surface area contributed by atoms with E-state index < -0.39 is 0 Å². The molecule has 5 nitrogen and oxygen atoms in total. The number of imidazole rings is 1. The summed E-state index contributed by atoms with van der Waals surface area (Å²) in [5, 5.41) is 4.54. The van der Waals surface area contributed by atoms with E-state index in [9.17, 15) is 0 Å². The first-order chi connectivity index (χ1) is 15.3. The minimum Gasteiger partial charge on any atom is -0.294 e. The van der Waals surface area contributed by atoms with Gasteiger partial charge >= 0.3 is 0 Å². The van der Waals surface area contributed by atoms with Gasteiger partial charge in [0.15, 0.2) is 11.4 Å². The molecule has 6 aromatic rings. The molecule has 5 heteroatoms. The van der Waals surface area contributed by atoms with Gasteiger partial charge in [0.05, 0.1) is 30.7 Å². The Morgan fingerprint density at radius 2 is 1.45 bits per heavy atom. The zero-order valence-electron chi connectivity index (χ0n) is 16.1. The van der Waals surface area contributed by atoms with Crippen LogP contribution in [0, 0.1) is 19.7 Å². The second kappa shape index (κ2) is 6.04. The Morgan fingerprint density at radius 1 is 0.677 bits per heavy atom. The van der Waals surface area contributed by atoms with Crippen LogP contribution < -0.4 is 0 Å². The molecule has 4 aromatic carbocycles. The van der Waals surface area contributed by atoms with Gasteiger partial charge in [-0.3, -0.25) is 18.9 Å². The van der Waals surface area contributed by atoms with Crippen molar-refractivity contribution in [1.29, 1.82) is 0 Å². The first-order valence-electron chi connectivity index (χ1n) is 9.60. The summed E-state index contributed by atoms with van der Waals surface area (Å²) in [5.41, 5.74) is 3.75. The third-order valence-electron chi connectivity index (χ3n) is 5.80. The van der Waals surface area contributed by atoms with Gasteiger partial charge in [-0.25, -0.2) is 4.98 Å². The fourth-order valence-electron chi connectivity index (χ4n) is 4.54. The van der Waals surface area contributed by atoms with Gasteiger partial charge < -0.3 is 0 Å². The molecule has 2 aromatic heterocycles. The third-order valence-corrected chi connectivity index (χ3v) is 5.80. The normalized spacial score (nSPS) is 11.1. The van der Waals surface area contributed by atoms with Crippen molar-refractivity contribution in [2.45, 2.75) is 0 Å². The summed E-state index contributed by atoms with van der Waals surface area (Å²) in [6.07, 6.45) is 0. The lowest BCUT2D eigenvalue weighted by Gasteiger charge is -2.14. The zero-order chi connectivity index (χ0) is 21.1. The highest BCUT2D eigenvalue weighted by Crippen LogP contribution is 2.48. The molecule has 140 valence electrons. The number of para-hydroxylation sites is 2. The third kappa shape index (κ3) is 2.08. The molecule has 0 N–H and O–H groups in total. The maximum Gasteiger partial charge on any atom is 0.201 e. The van der Waals surface area contributed by atoms with Gasteiger partial charge in [0.1, 0.15) is 5.65 Å². The first-order valence-corrected chi connectivity index (χ1v) is 9.60. The van der Waals surface area contributed by atoms with Gasteiger partial charge in [0.2, 0.25) is 5.69 Å². The molecule has 0 spiro atoms. The Morgan fingerprint density at radius 3 is 2.26 bits per heavy atom. The van der Waals surface area contributed by atoms with Gasteiger partial charge in [-0.1, -0.05) is 48.5 Å². The number of rotatable bonds is 0. The van der Waals surface area contributed by atoms with Crippen LogP contribution in [-0.2, 0) is 0 Å². The maximum atomic E-state index is 7.91. The van der Waals surface area contributed by atoms with Gasteiger partial charge in [-0.15, -0.1) is 0 Å². The summed E-state index contributed by atoms with van der Waals surface area (Å²) in [7, 11) is 0. The summed E-state index contributed by atoms with van der Waals surface area (Å²) >= 11 is 0. The Bertz CT molecular complexity index is 1870. The van der Waals surface area contributed by atoms with Gasteiger partial charge in [0.25, 0.3) is 0 Å². The van der Waals surface area contributed by atoms with Gasteiger partial charge in [0, 0.05) is 10.9 Å². The van der Waals surface area contributed by atoms with E-state index in [1.807, 2.05) is 59.0 Å². The number of hydrogen-bond donors (Lipinski definition) is 0. The molecule has 0 aliphatic carbocycles. The average Bonchev–Trinajstić information content (AvgIpc) is 3.22. The quantitative estimate of drug-likeness (QED) is 0.193. The maximum absolute atomic E-state index is 7.91. The second-order valence-electron chi connectivity index (χ2n) is 7.29. The largest absolute Gasteiger partial charge is 0.294 e. The highest BCUT2D eigenvalue weighted by Gasteiger charge is 2.22. The summed E-state index contributed by atoms with van der Waals surface area (Å²) in [6.45, 7) is 23.2. The molecular formula is C26H11N5. The highest BCUT2D eigenvalue weighted by molar-refractivity contribution is 6.29. The predicted molar refractivity (Wildman–Crippen MR) is 124 cm³/mol. The molecule has 0 bridgehead atoms. The Balaban J connectivity index is 2.10. The Labute approximate surface area is 176 Å². The molecule has 0 atom stereocenters. The van der Waals surface area contributed by atoms with E-state index >= 15 is 0 Å². The summed E-state index contributed by atoms with van der Waals surface area (Å²) in [5.74, 6) is 0. The standard InChI is InChI=1S/C26H11N5/c1-27-19-14-21-23(25(29-3)24(19)28-2)22-16-9-5-4-8-15(16)12-13-17(22)26-30-18-10-6-7-11-20(18)31(21)26/h4-14H. The van der Waals surface area contributed by atoms with Crippen molar-refractivity contribution < 1.29 is 0 Å². The van der Waals surface area contributed by atoms with Crippen LogP contribution in [0.4, 0.5) is 17.1 Å². The van der Waals surface area contributed by atoms with Gasteiger partial charge in [-0.05, 0) is 39.7 Å². The fraction of sp³-hybridized carbons (Fsp3) is 0. The fourth-order valence-corrected chi connectivity index (χ4v) is 4.54. The van der Waals surface area contributed by atoms with Crippen molar-refractivity contribution in [1.82, 2.24) is 9.38 Å². The smallest absolute Gasteiger partial charge is 0.201 e. The van der Waals surface area contributed by atoms with Crippen molar-refractivity contribution in [3.05, 3.63) is 101 Å². The van der Waals surface area contributed by atoms with E-state index in [0.717, 1.165) is 43.7 Å². The number of hydrogen-bond acceptors (Lipinski definition) is 1. The Hall–Kier alpha value is -4.92. The van der Waals surface area contributed by atoms with Crippen LogP contribution in [0.5, 0.6) is 0 Å². The molecule has 2 heterocycles. The second-order valence-corrected chi connectivity index (χ2v) is 7.29. The molecule has 0 fully saturated rings. The average molecular weight is 393 g/mol. The monoisotopic (exact) mass is 393 g/mol. The van der Waals surface area contributed by atoms with E-state index in [1.54, 1.807) is 6.07 Å². The van der Waals surface area contributed by atoms with Crippen LogP contribution in [0.3, 0.4) is 0 Å². The Kier molecular flexibility index (Phi) is 3.31. The van der Waals surface area contributed by atoms with E-state index in [1.165, 1.54) is 0 Å². The lowest BCUT2D eigenvalue weighted by atomic mass is 9.97. The number of benzene rings is 4. The number of fused-ring (bicyclic) bond motifs is 10. The van der Waals surface area contributed by atoms with Crippen LogP contribution in [0.15, 0.2) is 66.7 Å². The lowest BCUT2D eigenvalue weighted by molar-refractivity contribution is 1.32. The highest BCUT2D eigenvalue weighted by atomic mass is 15.0. The van der Waals surface area contributed by atoms with Crippen LogP contribution in [0.1, 0.15) is 0 Å². The van der Waals surface area contributed by atoms with Gasteiger partial charge in [-0.2, -0.15) is 0 Å². The van der Waals surface area contributed by atoms with Crippen LogP contribution in [-0.4, -0.2) is 9.38 Å². The van der Waals surface area contributed by atoms with Crippen molar-refractivity contribution in [2.24, 2.45) is 0 Å². The minimum absolute atomic E-state index is 0.107. The zero-order valence-corrected chi connectivity index (χ0v) is 16.1. The molecule has 0 saturated carbocycles. The van der Waals surface area contributed by atoms with Crippen molar-refractivity contribution >= 4 is 66.2 Å². The molecule has 0 radical (unpaired) electrons. The summed E-state index contributed by atoms with van der Waals surface area (Å²) < 4.78 is 2.01. The van der Waals surface area contributed by atoms with Crippen molar-refractivity contribution in [3.63, 3.8) is 0 Å². The molecular weight excluding hydrogens is 382 g/mol. The van der Waals surface area contributed by atoms with E-state index in [0.29, 0.717) is 5.39 Å².